The smallest absolute Gasteiger partial charge is 0.388 e. The van der Waals surface area contributed by atoms with Gasteiger partial charge in [-0.05, 0) is 56.5 Å². The van der Waals surface area contributed by atoms with Gasteiger partial charge in [0.15, 0.2) is 16.6 Å². The summed E-state index contributed by atoms with van der Waals surface area (Å²) in [5.74, 6) is 0.537. The summed E-state index contributed by atoms with van der Waals surface area (Å²) in [4.78, 5) is 0. The van der Waals surface area contributed by atoms with Crippen molar-refractivity contribution in [2.75, 3.05) is 13.2 Å². The zero-order valence-electron chi connectivity index (χ0n) is 20.4. The molecule has 0 saturated carbocycles. The number of rotatable bonds is 14. The van der Waals surface area contributed by atoms with E-state index in [2.05, 4.69) is 13.8 Å². The second kappa shape index (κ2) is 11.9. The Hall–Kier alpha value is -0.0662. The van der Waals surface area contributed by atoms with Gasteiger partial charge in [0.25, 0.3) is 0 Å². The second-order valence-corrected chi connectivity index (χ2v) is 19.4. The first-order valence-corrected chi connectivity index (χ1v) is 17.3. The summed E-state index contributed by atoms with van der Waals surface area (Å²) in [5, 5.41) is 0. The molecule has 0 unspecified atom stereocenters. The maximum absolute atomic E-state index is 12.7. The lowest BCUT2D eigenvalue weighted by Gasteiger charge is -2.42. The molecule has 0 saturated heterocycles. The van der Waals surface area contributed by atoms with Gasteiger partial charge in [0.05, 0.1) is 0 Å². The van der Waals surface area contributed by atoms with Gasteiger partial charge in [0, 0.05) is 31.5 Å². The largest absolute Gasteiger partial charge is 0.417 e. The third-order valence-electron chi connectivity index (χ3n) is 5.97. The fraction of sp³-hybridized carbons (Fsp3) is 1.00. The predicted molar refractivity (Wildman–Crippen MR) is 119 cm³/mol. The van der Waals surface area contributed by atoms with E-state index in [4.69, 9.17) is 8.85 Å². The Morgan fingerprint density at radius 3 is 1.26 bits per heavy atom. The van der Waals surface area contributed by atoms with Crippen LogP contribution in [0, 0.1) is 17.3 Å². The van der Waals surface area contributed by atoms with Crippen LogP contribution in [0.4, 0.5) is 26.3 Å². The van der Waals surface area contributed by atoms with Crippen molar-refractivity contribution in [2.45, 2.75) is 104 Å². The molecule has 0 aromatic heterocycles. The van der Waals surface area contributed by atoms with Crippen LogP contribution in [0.25, 0.3) is 0 Å². The Balaban J connectivity index is 5.37. The van der Waals surface area contributed by atoms with Crippen molar-refractivity contribution in [2.24, 2.45) is 17.3 Å². The molecule has 0 aliphatic heterocycles. The van der Waals surface area contributed by atoms with Crippen LogP contribution in [0.2, 0.25) is 38.3 Å². The highest BCUT2D eigenvalue weighted by Crippen LogP contribution is 2.38. The van der Waals surface area contributed by atoms with Crippen molar-refractivity contribution in [1.82, 2.24) is 0 Å². The summed E-state index contributed by atoms with van der Waals surface area (Å²) in [6.45, 7) is 15.9. The highest BCUT2D eigenvalue weighted by molar-refractivity contribution is 6.71. The molecule has 0 atom stereocenters. The van der Waals surface area contributed by atoms with Crippen molar-refractivity contribution in [1.29, 1.82) is 0 Å². The van der Waals surface area contributed by atoms with Crippen molar-refractivity contribution in [3.05, 3.63) is 0 Å². The summed E-state index contributed by atoms with van der Waals surface area (Å²) in [6.07, 6.45) is -8.49. The van der Waals surface area contributed by atoms with Crippen LogP contribution in [0.5, 0.6) is 0 Å². The maximum atomic E-state index is 12.7. The lowest BCUT2D eigenvalue weighted by molar-refractivity contribution is -0.132. The molecular weight excluding hydrogens is 454 g/mol. The molecule has 0 bridgehead atoms. The summed E-state index contributed by atoms with van der Waals surface area (Å²) >= 11 is 0. The molecular formula is C21H42F6O2Si2. The molecule has 0 N–H and O–H groups in total. The van der Waals surface area contributed by atoms with Crippen LogP contribution < -0.4 is 0 Å². The van der Waals surface area contributed by atoms with Gasteiger partial charge in [-0.25, -0.2) is 0 Å². The first kappa shape index (κ1) is 30.9. The molecule has 0 heterocycles. The molecule has 0 radical (unpaired) electrons. The van der Waals surface area contributed by atoms with Crippen LogP contribution in [-0.2, 0) is 8.85 Å². The minimum atomic E-state index is -4.21. The minimum absolute atomic E-state index is 0.0124. The summed E-state index contributed by atoms with van der Waals surface area (Å²) in [6, 6.07) is -0.0247. The lowest BCUT2D eigenvalue weighted by atomic mass is 9.74. The quantitative estimate of drug-likeness (QED) is 0.177. The van der Waals surface area contributed by atoms with Gasteiger partial charge >= 0.3 is 12.4 Å². The Morgan fingerprint density at radius 2 is 1.00 bits per heavy atom. The molecule has 2 nitrogen and oxygen atoms in total. The van der Waals surface area contributed by atoms with E-state index in [1.807, 2.05) is 13.8 Å². The molecule has 0 amide bonds. The van der Waals surface area contributed by atoms with E-state index in [0.717, 1.165) is 12.8 Å². The average molecular weight is 497 g/mol. The highest BCUT2D eigenvalue weighted by Gasteiger charge is 2.41. The Kier molecular flexibility index (Phi) is 11.9. The highest BCUT2D eigenvalue weighted by atomic mass is 28.4. The zero-order valence-corrected chi connectivity index (χ0v) is 22.4. The molecule has 0 aliphatic carbocycles. The van der Waals surface area contributed by atoms with E-state index in [0.29, 0.717) is 5.92 Å². The van der Waals surface area contributed by atoms with E-state index in [9.17, 15) is 26.3 Å². The number of hydrogen-bond donors (Lipinski definition) is 0. The SMILES string of the molecule is CC(C)CCC(CO[Si](C)(C)CCC(F)(F)F)(CO[Si](C)(C)CCC(F)(F)F)C(C)C. The minimum Gasteiger partial charge on any atom is -0.417 e. The first-order valence-electron chi connectivity index (χ1n) is 11.1. The van der Waals surface area contributed by atoms with E-state index in [1.165, 1.54) is 0 Å². The standard InChI is InChI=1S/C21H42F6O2Si2/c1-17(2)9-10-19(18(3)4,15-28-30(5,6)13-11-20(22,23)24)16-29-31(7,8)14-12-21(25,26)27/h17-18H,9-16H2,1-8H3. The second-order valence-electron chi connectivity index (χ2n) is 10.8. The van der Waals surface area contributed by atoms with Gasteiger partial charge in [-0.15, -0.1) is 0 Å². The van der Waals surface area contributed by atoms with Gasteiger partial charge in [-0.2, -0.15) is 26.3 Å². The fourth-order valence-corrected chi connectivity index (χ4v) is 6.51. The van der Waals surface area contributed by atoms with Gasteiger partial charge in [-0.1, -0.05) is 34.1 Å². The normalized spacial score (nSPS) is 14.7. The van der Waals surface area contributed by atoms with E-state index in [1.54, 1.807) is 26.2 Å². The maximum Gasteiger partial charge on any atom is 0.388 e. The molecule has 188 valence electrons. The summed E-state index contributed by atoms with van der Waals surface area (Å²) in [5.41, 5.74) is -0.435. The zero-order chi connectivity index (χ0) is 24.7. The molecule has 0 aromatic rings. The van der Waals surface area contributed by atoms with Gasteiger partial charge < -0.3 is 8.85 Å². The molecule has 0 aromatic carbocycles. The van der Waals surface area contributed by atoms with Crippen molar-refractivity contribution >= 4 is 16.6 Å². The number of halogens is 6. The van der Waals surface area contributed by atoms with Crippen LogP contribution in [-0.4, -0.2) is 42.2 Å². The van der Waals surface area contributed by atoms with Crippen LogP contribution in [0.1, 0.15) is 53.4 Å². The van der Waals surface area contributed by atoms with Gasteiger partial charge in [0.2, 0.25) is 0 Å². The van der Waals surface area contributed by atoms with Crippen LogP contribution in [0.3, 0.4) is 0 Å². The third kappa shape index (κ3) is 14.6. The Bertz CT molecular complexity index is 483. The Morgan fingerprint density at radius 1 is 0.645 bits per heavy atom. The Labute approximate surface area is 186 Å². The monoisotopic (exact) mass is 496 g/mol. The van der Waals surface area contributed by atoms with Crippen molar-refractivity contribution < 1.29 is 35.2 Å². The molecule has 31 heavy (non-hydrogen) atoms. The van der Waals surface area contributed by atoms with Crippen molar-refractivity contribution in [3.63, 3.8) is 0 Å². The predicted octanol–water partition coefficient (Wildman–Crippen LogP) is 8.41. The number of alkyl halides is 6. The van der Waals surface area contributed by atoms with Crippen molar-refractivity contribution in [3.8, 4) is 0 Å². The lowest BCUT2D eigenvalue weighted by Crippen LogP contribution is -2.46. The van der Waals surface area contributed by atoms with E-state index >= 15 is 0 Å². The molecule has 10 heteroatoms. The third-order valence-corrected chi connectivity index (χ3v) is 10.7. The molecule has 0 spiro atoms. The van der Waals surface area contributed by atoms with Gasteiger partial charge in [-0.3, -0.25) is 0 Å². The molecule has 0 rings (SSSR count). The van der Waals surface area contributed by atoms with E-state index < -0.39 is 47.2 Å². The summed E-state index contributed by atoms with van der Waals surface area (Å²) in [7, 11) is -5.11. The number of hydrogen-bond acceptors (Lipinski definition) is 2. The van der Waals surface area contributed by atoms with Crippen LogP contribution in [0.15, 0.2) is 0 Å². The first-order chi connectivity index (χ1) is 13.7. The fourth-order valence-electron chi connectivity index (χ4n) is 3.09. The van der Waals surface area contributed by atoms with Crippen LogP contribution >= 0.6 is 0 Å². The topological polar surface area (TPSA) is 18.5 Å². The summed E-state index contributed by atoms with van der Waals surface area (Å²) < 4.78 is 88.4. The molecule has 0 fully saturated rings. The average Bonchev–Trinajstić information content (AvgIpc) is 2.57. The van der Waals surface area contributed by atoms with Gasteiger partial charge in [0.1, 0.15) is 0 Å². The van der Waals surface area contributed by atoms with E-state index in [-0.39, 0.29) is 31.2 Å². The molecule has 0 aliphatic rings.